The maximum Gasteiger partial charge on any atom is 0.165 e. The van der Waals surface area contributed by atoms with Crippen LogP contribution < -0.4 is 10.5 Å². The van der Waals surface area contributed by atoms with Gasteiger partial charge in [-0.25, -0.2) is 4.39 Å². The first-order valence-electron chi connectivity index (χ1n) is 7.63. The molecule has 0 aliphatic carbocycles. The largest absolute Gasteiger partial charge is 0.454 e. The topological polar surface area (TPSA) is 107 Å². The van der Waals surface area contributed by atoms with Gasteiger partial charge in [-0.15, -0.1) is 0 Å². The van der Waals surface area contributed by atoms with Crippen LogP contribution in [0.15, 0.2) is 59.1 Å². The van der Waals surface area contributed by atoms with Crippen LogP contribution in [0.2, 0.25) is 0 Å². The molecule has 0 bridgehead atoms. The summed E-state index contributed by atoms with van der Waals surface area (Å²) in [4.78, 5) is 0. The van der Waals surface area contributed by atoms with Gasteiger partial charge in [0, 0.05) is 5.92 Å². The predicted octanol–water partition coefficient (Wildman–Crippen LogP) is 4.26. The van der Waals surface area contributed by atoms with Crippen molar-refractivity contribution in [3.63, 3.8) is 0 Å². The van der Waals surface area contributed by atoms with Crippen LogP contribution in [0.25, 0.3) is 0 Å². The Bertz CT molecular complexity index is 975. The number of hydrogen-bond donors (Lipinski definition) is 2. The van der Waals surface area contributed by atoms with Crippen LogP contribution >= 0.6 is 11.8 Å². The third-order valence-electron chi connectivity index (χ3n) is 3.96. The van der Waals surface area contributed by atoms with Crippen molar-refractivity contribution in [2.24, 2.45) is 11.7 Å². The first kappa shape index (κ1) is 17.5. The number of ether oxygens (including phenoxy) is 1. The fourth-order valence-corrected chi connectivity index (χ4v) is 3.57. The van der Waals surface area contributed by atoms with E-state index in [0.29, 0.717) is 11.3 Å². The smallest absolute Gasteiger partial charge is 0.165 e. The summed E-state index contributed by atoms with van der Waals surface area (Å²) in [6.07, 6.45) is 0. The minimum Gasteiger partial charge on any atom is -0.454 e. The van der Waals surface area contributed by atoms with Crippen molar-refractivity contribution < 1.29 is 9.13 Å². The normalized spacial score (nSPS) is 19.6. The molecule has 7 heteroatoms. The van der Waals surface area contributed by atoms with Gasteiger partial charge in [-0.1, -0.05) is 36.0 Å². The van der Waals surface area contributed by atoms with Crippen molar-refractivity contribution in [2.75, 3.05) is 0 Å². The van der Waals surface area contributed by atoms with Crippen LogP contribution in [-0.2, 0) is 0 Å². The average Bonchev–Trinajstić information content (AvgIpc) is 2.64. The van der Waals surface area contributed by atoms with Gasteiger partial charge >= 0.3 is 0 Å². The molecular formula is C19H13FN4OS. The van der Waals surface area contributed by atoms with Crippen LogP contribution in [-0.4, -0.2) is 5.04 Å². The van der Waals surface area contributed by atoms with Crippen LogP contribution in [0.3, 0.4) is 0 Å². The maximum absolute atomic E-state index is 14.2. The molecule has 0 fully saturated rings. The molecule has 0 spiro atoms. The highest BCUT2D eigenvalue weighted by molar-refractivity contribution is 8.17. The van der Waals surface area contributed by atoms with Gasteiger partial charge < -0.3 is 10.5 Å². The van der Waals surface area contributed by atoms with Crippen LogP contribution in [0.5, 0.6) is 11.5 Å². The lowest BCUT2D eigenvalue weighted by Gasteiger charge is -2.28. The first-order chi connectivity index (χ1) is 12.5. The van der Waals surface area contributed by atoms with E-state index >= 15 is 0 Å². The minimum absolute atomic E-state index is 0.0222. The van der Waals surface area contributed by atoms with E-state index in [1.807, 2.05) is 12.1 Å². The number of nitrogens with two attached hydrogens (primary N) is 1. The Morgan fingerprint density at radius 1 is 1.15 bits per heavy atom. The zero-order valence-electron chi connectivity index (χ0n) is 13.4. The molecule has 0 amide bonds. The van der Waals surface area contributed by atoms with Crippen molar-refractivity contribution in [2.45, 2.75) is 5.92 Å². The lowest BCUT2D eigenvalue weighted by molar-refractivity contribution is 0.441. The molecule has 1 heterocycles. The number of para-hydroxylation sites is 1. The van der Waals surface area contributed by atoms with Gasteiger partial charge in [0.25, 0.3) is 0 Å². The number of allylic oxidation sites excluding steroid dienone is 1. The van der Waals surface area contributed by atoms with E-state index < -0.39 is 17.7 Å². The van der Waals surface area contributed by atoms with Crippen LogP contribution in [0.4, 0.5) is 4.39 Å². The van der Waals surface area contributed by atoms with Gasteiger partial charge in [0.15, 0.2) is 11.6 Å². The van der Waals surface area contributed by atoms with Crippen molar-refractivity contribution in [3.05, 3.63) is 70.5 Å². The number of nitrogens with zero attached hydrogens (tertiary/aromatic N) is 2. The van der Waals surface area contributed by atoms with E-state index in [2.05, 4.69) is 6.07 Å². The van der Waals surface area contributed by atoms with Gasteiger partial charge in [-0.3, -0.25) is 5.41 Å². The minimum atomic E-state index is -0.864. The number of nitriles is 2. The number of halogens is 1. The third-order valence-corrected chi connectivity index (χ3v) is 4.87. The predicted molar refractivity (Wildman–Crippen MR) is 96.9 cm³/mol. The molecule has 2 aromatic rings. The molecule has 2 atom stereocenters. The fraction of sp³-hybridized carbons (Fsp3) is 0.105. The Kier molecular flexibility index (Phi) is 4.92. The van der Waals surface area contributed by atoms with E-state index in [9.17, 15) is 14.9 Å². The second-order valence-corrected chi connectivity index (χ2v) is 6.63. The quantitative estimate of drug-likeness (QED) is 0.846. The van der Waals surface area contributed by atoms with Gasteiger partial charge in [-0.2, -0.15) is 10.5 Å². The van der Waals surface area contributed by atoms with Gasteiger partial charge in [0.2, 0.25) is 0 Å². The van der Waals surface area contributed by atoms with Gasteiger partial charge in [-0.05, 0) is 29.8 Å². The molecule has 0 saturated carbocycles. The standard InChI is InChI=1S/C19H13FN4OS/c20-15-7-6-11(8-16(15)25-12-4-2-1-3-5-12)17-13(9-21)18(23)26-19(24)14(17)10-22/h1-8,13,17,23H,24H2/t13-,17+/m0/s1. The Balaban J connectivity index is 2.06. The lowest BCUT2D eigenvalue weighted by Crippen LogP contribution is -2.26. The maximum atomic E-state index is 14.2. The molecular weight excluding hydrogens is 351 g/mol. The summed E-state index contributed by atoms with van der Waals surface area (Å²) in [6, 6.07) is 16.9. The van der Waals surface area contributed by atoms with E-state index in [-0.39, 0.29) is 21.4 Å². The summed E-state index contributed by atoms with van der Waals surface area (Å²) in [5.41, 5.74) is 6.58. The zero-order valence-corrected chi connectivity index (χ0v) is 14.3. The third kappa shape index (κ3) is 3.26. The molecule has 3 N–H and O–H groups in total. The molecule has 1 aliphatic rings. The number of thioether (sulfide) groups is 1. The summed E-state index contributed by atoms with van der Waals surface area (Å²) < 4.78 is 19.8. The summed E-state index contributed by atoms with van der Waals surface area (Å²) in [5, 5.41) is 27.2. The Hall–Kier alpha value is -3.29. The van der Waals surface area contributed by atoms with Crippen LogP contribution in [0, 0.1) is 39.8 Å². The fourth-order valence-electron chi connectivity index (χ4n) is 2.73. The van der Waals surface area contributed by atoms with E-state index in [1.54, 1.807) is 24.3 Å². The number of benzene rings is 2. The number of nitrogens with one attached hydrogen (secondary N) is 1. The van der Waals surface area contributed by atoms with Crippen molar-refractivity contribution in [1.29, 1.82) is 15.9 Å². The van der Waals surface area contributed by atoms with E-state index in [0.717, 1.165) is 11.8 Å². The summed E-state index contributed by atoms with van der Waals surface area (Å²) in [5.74, 6) is -1.73. The molecule has 1 aliphatic heterocycles. The highest BCUT2D eigenvalue weighted by Gasteiger charge is 2.37. The average molecular weight is 364 g/mol. The molecule has 26 heavy (non-hydrogen) atoms. The van der Waals surface area contributed by atoms with Crippen molar-refractivity contribution in [3.8, 4) is 23.6 Å². The summed E-state index contributed by atoms with van der Waals surface area (Å²) in [6.45, 7) is 0. The highest BCUT2D eigenvalue weighted by atomic mass is 32.2. The second-order valence-electron chi connectivity index (χ2n) is 5.55. The number of rotatable bonds is 3. The molecule has 0 radical (unpaired) electrons. The van der Waals surface area contributed by atoms with E-state index in [4.69, 9.17) is 15.9 Å². The van der Waals surface area contributed by atoms with Gasteiger partial charge in [0.05, 0.1) is 27.8 Å². The number of hydrogen-bond acceptors (Lipinski definition) is 6. The Morgan fingerprint density at radius 2 is 1.88 bits per heavy atom. The first-order valence-corrected chi connectivity index (χ1v) is 8.44. The molecule has 3 rings (SSSR count). The second kappa shape index (κ2) is 7.30. The molecule has 0 unspecified atom stereocenters. The zero-order chi connectivity index (χ0) is 18.7. The van der Waals surface area contributed by atoms with Crippen molar-refractivity contribution in [1.82, 2.24) is 0 Å². The van der Waals surface area contributed by atoms with Crippen molar-refractivity contribution >= 4 is 16.8 Å². The molecule has 2 aromatic carbocycles. The molecule has 5 nitrogen and oxygen atoms in total. The molecule has 0 saturated heterocycles. The van der Waals surface area contributed by atoms with Crippen LogP contribution in [0.1, 0.15) is 11.5 Å². The Morgan fingerprint density at radius 3 is 2.54 bits per heavy atom. The van der Waals surface area contributed by atoms with Gasteiger partial charge in [0.1, 0.15) is 11.7 Å². The monoisotopic (exact) mass is 364 g/mol. The Labute approximate surface area is 154 Å². The lowest BCUT2D eigenvalue weighted by atomic mass is 9.81. The SMILES string of the molecule is N#CC1=C(N)SC(=N)[C@@H](C#N)[C@H]1c1ccc(F)c(Oc2ccccc2)c1. The summed E-state index contributed by atoms with van der Waals surface area (Å²) in [7, 11) is 0. The summed E-state index contributed by atoms with van der Waals surface area (Å²) >= 11 is 0.905. The highest BCUT2D eigenvalue weighted by Crippen LogP contribution is 2.43. The molecule has 128 valence electrons. The molecule has 0 aromatic heterocycles. The van der Waals surface area contributed by atoms with E-state index in [1.165, 1.54) is 18.2 Å².